The highest BCUT2D eigenvalue weighted by Crippen LogP contribution is 2.35. The van der Waals surface area contributed by atoms with E-state index in [4.69, 9.17) is 5.73 Å². The maximum atomic E-state index is 10.9. The van der Waals surface area contributed by atoms with Crippen LogP contribution < -0.4 is 11.5 Å². The molecule has 1 atom stereocenters. The standard InChI is InChI=1S/C19H18N4O.CH5N/c1-23-10-17(15-5-6-21-9-18(15)23)16-4-2-3-14-12(7-13(20)11-24)8-22-19(14)16;1-2/h2-6,8-11,13,22H,7,20H2,1H3;2H2,1H3. The van der Waals surface area contributed by atoms with Crippen molar-refractivity contribution >= 4 is 28.1 Å². The van der Waals surface area contributed by atoms with Gasteiger partial charge in [-0.3, -0.25) is 4.98 Å². The highest BCUT2D eigenvalue weighted by atomic mass is 16.1. The molecule has 4 aromatic rings. The first kappa shape index (κ1) is 17.8. The first-order valence-electron chi connectivity index (χ1n) is 8.46. The number of H-pyrrole nitrogens is 1. The molecule has 6 heteroatoms. The van der Waals surface area contributed by atoms with Crippen LogP contribution in [0.25, 0.3) is 32.9 Å². The van der Waals surface area contributed by atoms with Crippen molar-refractivity contribution < 1.29 is 4.79 Å². The largest absolute Gasteiger partial charge is 0.360 e. The number of hydrogen-bond donors (Lipinski definition) is 3. The number of pyridine rings is 1. The summed E-state index contributed by atoms with van der Waals surface area (Å²) < 4.78 is 2.09. The number of fused-ring (bicyclic) bond motifs is 2. The monoisotopic (exact) mass is 349 g/mol. The summed E-state index contributed by atoms with van der Waals surface area (Å²) in [5.41, 5.74) is 15.8. The van der Waals surface area contributed by atoms with Crippen molar-refractivity contribution in [2.24, 2.45) is 18.5 Å². The van der Waals surface area contributed by atoms with Gasteiger partial charge in [-0.1, -0.05) is 18.2 Å². The number of nitrogens with two attached hydrogens (primary N) is 2. The van der Waals surface area contributed by atoms with Gasteiger partial charge >= 0.3 is 0 Å². The third-order valence-electron chi connectivity index (χ3n) is 4.51. The molecule has 0 radical (unpaired) electrons. The Kier molecular flexibility index (Phi) is 5.16. The van der Waals surface area contributed by atoms with Crippen LogP contribution in [0.15, 0.2) is 49.1 Å². The van der Waals surface area contributed by atoms with E-state index in [0.717, 1.165) is 39.4 Å². The summed E-state index contributed by atoms with van der Waals surface area (Å²) in [4.78, 5) is 18.4. The molecule has 0 bridgehead atoms. The van der Waals surface area contributed by atoms with E-state index in [1.165, 1.54) is 12.4 Å². The maximum absolute atomic E-state index is 10.9. The Morgan fingerprint density at radius 2 is 2.04 bits per heavy atom. The number of carbonyl (C=O) groups is 1. The van der Waals surface area contributed by atoms with E-state index < -0.39 is 6.04 Å². The highest BCUT2D eigenvalue weighted by Gasteiger charge is 2.14. The van der Waals surface area contributed by atoms with Crippen LogP contribution in [0.4, 0.5) is 0 Å². The molecule has 0 spiro atoms. The molecule has 134 valence electrons. The molecule has 0 aliphatic carbocycles. The third-order valence-corrected chi connectivity index (χ3v) is 4.51. The van der Waals surface area contributed by atoms with Gasteiger partial charge in [-0.05, 0) is 25.1 Å². The number of rotatable bonds is 4. The lowest BCUT2D eigenvalue weighted by Gasteiger charge is -2.05. The quantitative estimate of drug-likeness (QED) is 0.492. The lowest BCUT2D eigenvalue weighted by Crippen LogP contribution is -2.23. The van der Waals surface area contributed by atoms with Crippen LogP contribution in [0.1, 0.15) is 5.56 Å². The van der Waals surface area contributed by atoms with E-state index in [0.29, 0.717) is 6.42 Å². The summed E-state index contributed by atoms with van der Waals surface area (Å²) in [6.07, 6.45) is 9.09. The van der Waals surface area contributed by atoms with Gasteiger partial charge in [0.2, 0.25) is 0 Å². The van der Waals surface area contributed by atoms with Crippen molar-refractivity contribution in [3.63, 3.8) is 0 Å². The van der Waals surface area contributed by atoms with E-state index in [9.17, 15) is 4.79 Å². The smallest absolute Gasteiger partial charge is 0.137 e. The Morgan fingerprint density at radius 3 is 2.81 bits per heavy atom. The summed E-state index contributed by atoms with van der Waals surface area (Å²) in [5.74, 6) is 0. The average molecular weight is 349 g/mol. The van der Waals surface area contributed by atoms with Crippen molar-refractivity contribution in [3.05, 3.63) is 54.6 Å². The van der Waals surface area contributed by atoms with Gasteiger partial charge < -0.3 is 25.8 Å². The van der Waals surface area contributed by atoms with Gasteiger partial charge in [0.25, 0.3) is 0 Å². The molecular formula is C20H23N5O. The Balaban J connectivity index is 0.000000948. The summed E-state index contributed by atoms with van der Waals surface area (Å²) in [7, 11) is 3.52. The number of nitrogens with zero attached hydrogens (tertiary/aromatic N) is 2. The number of carbonyl (C=O) groups excluding carboxylic acids is 1. The lowest BCUT2D eigenvalue weighted by atomic mass is 10.00. The van der Waals surface area contributed by atoms with E-state index in [-0.39, 0.29) is 0 Å². The molecule has 26 heavy (non-hydrogen) atoms. The first-order valence-corrected chi connectivity index (χ1v) is 8.46. The molecule has 5 N–H and O–H groups in total. The number of aromatic amines is 1. The predicted molar refractivity (Wildman–Crippen MR) is 106 cm³/mol. The van der Waals surface area contributed by atoms with Crippen LogP contribution in [0.3, 0.4) is 0 Å². The van der Waals surface area contributed by atoms with E-state index in [1.54, 1.807) is 0 Å². The minimum atomic E-state index is -0.476. The number of nitrogens with one attached hydrogen (secondary N) is 1. The van der Waals surface area contributed by atoms with E-state index in [2.05, 4.69) is 38.6 Å². The molecular weight excluding hydrogens is 326 g/mol. The van der Waals surface area contributed by atoms with Gasteiger partial charge in [-0.2, -0.15) is 0 Å². The second-order valence-corrected chi connectivity index (χ2v) is 6.09. The molecule has 0 aliphatic rings. The van der Waals surface area contributed by atoms with Gasteiger partial charge in [-0.25, -0.2) is 0 Å². The molecule has 0 amide bonds. The minimum Gasteiger partial charge on any atom is -0.360 e. The van der Waals surface area contributed by atoms with Crippen LogP contribution in [-0.4, -0.2) is 33.9 Å². The van der Waals surface area contributed by atoms with Gasteiger partial charge in [-0.15, -0.1) is 0 Å². The number of hydrogen-bond acceptors (Lipinski definition) is 4. The minimum absolute atomic E-state index is 0.476. The molecule has 0 saturated heterocycles. The van der Waals surface area contributed by atoms with Gasteiger partial charge in [0.15, 0.2) is 0 Å². The number of para-hydroxylation sites is 1. The number of benzene rings is 1. The van der Waals surface area contributed by atoms with Crippen LogP contribution in [-0.2, 0) is 18.3 Å². The third kappa shape index (κ3) is 3.00. The van der Waals surface area contributed by atoms with Crippen molar-refractivity contribution in [1.82, 2.24) is 14.5 Å². The summed E-state index contributed by atoms with van der Waals surface area (Å²) >= 11 is 0. The Hall–Kier alpha value is -2.96. The zero-order chi connectivity index (χ0) is 18.7. The Labute approximate surface area is 151 Å². The van der Waals surface area contributed by atoms with Gasteiger partial charge in [0, 0.05) is 47.5 Å². The van der Waals surface area contributed by atoms with Crippen LogP contribution in [0.5, 0.6) is 0 Å². The number of aromatic nitrogens is 3. The fourth-order valence-electron chi connectivity index (χ4n) is 3.35. The fourth-order valence-corrected chi connectivity index (χ4v) is 3.35. The van der Waals surface area contributed by atoms with Crippen LogP contribution in [0.2, 0.25) is 0 Å². The number of aldehydes is 1. The van der Waals surface area contributed by atoms with Gasteiger partial charge in [0.1, 0.15) is 6.29 Å². The second kappa shape index (κ2) is 7.51. The first-order chi connectivity index (χ1) is 12.7. The van der Waals surface area contributed by atoms with Crippen LogP contribution in [0, 0.1) is 0 Å². The summed E-state index contributed by atoms with van der Waals surface area (Å²) in [6, 6.07) is 7.78. The second-order valence-electron chi connectivity index (χ2n) is 6.09. The zero-order valence-corrected chi connectivity index (χ0v) is 14.9. The van der Waals surface area contributed by atoms with E-state index in [1.807, 2.05) is 37.8 Å². The average Bonchev–Trinajstić information content (AvgIpc) is 3.25. The molecule has 4 rings (SSSR count). The fraction of sp³-hybridized carbons (Fsp3) is 0.200. The van der Waals surface area contributed by atoms with E-state index >= 15 is 0 Å². The molecule has 0 saturated carbocycles. The normalized spacial score (nSPS) is 12.0. The molecule has 3 heterocycles. The predicted octanol–water partition coefficient (Wildman–Crippen LogP) is 2.37. The Morgan fingerprint density at radius 1 is 1.23 bits per heavy atom. The van der Waals surface area contributed by atoms with Crippen molar-refractivity contribution in [2.45, 2.75) is 12.5 Å². The molecule has 0 fully saturated rings. The molecule has 0 aliphatic heterocycles. The summed E-state index contributed by atoms with van der Waals surface area (Å²) in [6.45, 7) is 0. The van der Waals surface area contributed by atoms with Crippen molar-refractivity contribution in [3.8, 4) is 11.1 Å². The van der Waals surface area contributed by atoms with Crippen molar-refractivity contribution in [1.29, 1.82) is 0 Å². The lowest BCUT2D eigenvalue weighted by molar-refractivity contribution is -0.108. The topological polar surface area (TPSA) is 103 Å². The maximum Gasteiger partial charge on any atom is 0.137 e. The van der Waals surface area contributed by atoms with Gasteiger partial charge in [0.05, 0.1) is 23.3 Å². The Bertz CT molecular complexity index is 1050. The number of aryl methyl sites for hydroxylation is 1. The molecule has 3 aromatic heterocycles. The SMILES string of the molecule is CN.Cn1cc(-c2cccc3c(CC(N)C=O)c[nH]c23)c2ccncc21. The highest BCUT2D eigenvalue weighted by molar-refractivity contribution is 6.04. The summed E-state index contributed by atoms with van der Waals surface area (Å²) in [5, 5.41) is 2.27. The van der Waals surface area contributed by atoms with Crippen molar-refractivity contribution in [2.75, 3.05) is 7.05 Å². The van der Waals surface area contributed by atoms with Crippen LogP contribution >= 0.6 is 0 Å². The molecule has 1 aromatic carbocycles. The zero-order valence-electron chi connectivity index (χ0n) is 14.9. The molecule has 6 nitrogen and oxygen atoms in total. The molecule has 1 unspecified atom stereocenters.